The second kappa shape index (κ2) is 3.75. The van der Waals surface area contributed by atoms with E-state index in [1.54, 1.807) is 6.20 Å². The highest BCUT2D eigenvalue weighted by Gasteiger charge is 2.06. The van der Waals surface area contributed by atoms with Gasteiger partial charge in [-0.25, -0.2) is 9.97 Å². The highest BCUT2D eigenvalue weighted by molar-refractivity contribution is 5.70. The Labute approximate surface area is 82.2 Å². The Hall–Kier alpha value is -1.42. The van der Waals surface area contributed by atoms with Crippen molar-refractivity contribution in [2.24, 2.45) is 7.05 Å². The number of aliphatic hydroxyl groups is 1. The number of nitrogens with zero attached hydrogens (tertiary/aromatic N) is 3. The third kappa shape index (κ3) is 1.48. The number of rotatable bonds is 3. The molecule has 74 valence electrons. The van der Waals surface area contributed by atoms with Crippen molar-refractivity contribution in [3.05, 3.63) is 24.2 Å². The van der Waals surface area contributed by atoms with E-state index in [9.17, 15) is 0 Å². The molecule has 4 heteroatoms. The van der Waals surface area contributed by atoms with Crippen LogP contribution in [0.25, 0.3) is 11.2 Å². The number of fused-ring (bicyclic) bond motifs is 1. The molecular formula is C10H13N3O. The molecule has 4 nitrogen and oxygen atoms in total. The third-order valence-corrected chi connectivity index (χ3v) is 2.28. The molecule has 0 saturated heterocycles. The second-order valence-electron chi connectivity index (χ2n) is 3.26. The van der Waals surface area contributed by atoms with Crippen LogP contribution in [0.5, 0.6) is 0 Å². The van der Waals surface area contributed by atoms with Crippen LogP contribution in [0.4, 0.5) is 0 Å². The Morgan fingerprint density at radius 3 is 3.07 bits per heavy atom. The zero-order valence-corrected chi connectivity index (χ0v) is 8.14. The van der Waals surface area contributed by atoms with Gasteiger partial charge in [-0.15, -0.1) is 0 Å². The highest BCUT2D eigenvalue weighted by atomic mass is 16.2. The molecule has 0 spiro atoms. The largest absolute Gasteiger partial charge is 0.396 e. The van der Waals surface area contributed by atoms with Crippen molar-refractivity contribution in [2.75, 3.05) is 6.61 Å². The molecule has 0 saturated carbocycles. The van der Waals surface area contributed by atoms with Crippen LogP contribution in [0.1, 0.15) is 12.2 Å². The van der Waals surface area contributed by atoms with Crippen molar-refractivity contribution in [1.82, 2.24) is 14.5 Å². The molecule has 0 atom stereocenters. The van der Waals surface area contributed by atoms with Gasteiger partial charge in [-0.3, -0.25) is 0 Å². The van der Waals surface area contributed by atoms with Crippen LogP contribution in [-0.2, 0) is 13.5 Å². The van der Waals surface area contributed by atoms with E-state index in [2.05, 4.69) is 9.97 Å². The van der Waals surface area contributed by atoms with Gasteiger partial charge in [0.2, 0.25) is 0 Å². The summed E-state index contributed by atoms with van der Waals surface area (Å²) in [6.07, 6.45) is 3.31. The zero-order chi connectivity index (χ0) is 9.97. The molecule has 0 bridgehead atoms. The van der Waals surface area contributed by atoms with E-state index in [1.807, 2.05) is 23.7 Å². The SMILES string of the molecule is Cn1c(CCCO)nc2cccnc21. The summed E-state index contributed by atoms with van der Waals surface area (Å²) in [5.74, 6) is 0.979. The van der Waals surface area contributed by atoms with Crippen molar-refractivity contribution in [3.63, 3.8) is 0 Å². The lowest BCUT2D eigenvalue weighted by Gasteiger charge is -1.99. The fraction of sp³-hybridized carbons (Fsp3) is 0.400. The molecule has 0 radical (unpaired) electrons. The van der Waals surface area contributed by atoms with Crippen molar-refractivity contribution in [2.45, 2.75) is 12.8 Å². The molecule has 0 aromatic carbocycles. The first-order chi connectivity index (χ1) is 6.83. The van der Waals surface area contributed by atoms with E-state index in [-0.39, 0.29) is 6.61 Å². The average Bonchev–Trinajstić information content (AvgIpc) is 2.54. The Morgan fingerprint density at radius 1 is 1.50 bits per heavy atom. The van der Waals surface area contributed by atoms with Gasteiger partial charge in [0.15, 0.2) is 5.65 Å². The van der Waals surface area contributed by atoms with Crippen LogP contribution in [0.3, 0.4) is 0 Å². The minimum Gasteiger partial charge on any atom is -0.396 e. The quantitative estimate of drug-likeness (QED) is 0.784. The third-order valence-electron chi connectivity index (χ3n) is 2.28. The summed E-state index contributed by atoms with van der Waals surface area (Å²) in [4.78, 5) is 8.69. The van der Waals surface area contributed by atoms with Gasteiger partial charge in [-0.1, -0.05) is 0 Å². The lowest BCUT2D eigenvalue weighted by atomic mass is 10.3. The van der Waals surface area contributed by atoms with Crippen molar-refractivity contribution in [3.8, 4) is 0 Å². The van der Waals surface area contributed by atoms with Crippen LogP contribution < -0.4 is 0 Å². The molecular weight excluding hydrogens is 178 g/mol. The Bertz CT molecular complexity index is 436. The molecule has 0 aliphatic heterocycles. The monoisotopic (exact) mass is 191 g/mol. The van der Waals surface area contributed by atoms with E-state index >= 15 is 0 Å². The maximum atomic E-state index is 8.74. The minimum atomic E-state index is 0.205. The number of pyridine rings is 1. The summed E-state index contributed by atoms with van der Waals surface area (Å²) in [7, 11) is 1.95. The first-order valence-corrected chi connectivity index (χ1v) is 4.70. The molecule has 2 rings (SSSR count). The molecule has 2 aromatic rings. The number of aryl methyl sites for hydroxylation is 2. The maximum absolute atomic E-state index is 8.74. The summed E-state index contributed by atoms with van der Waals surface area (Å²) in [5, 5.41) is 8.74. The Morgan fingerprint density at radius 2 is 2.36 bits per heavy atom. The lowest BCUT2D eigenvalue weighted by molar-refractivity contribution is 0.287. The molecule has 0 aliphatic rings. The van der Waals surface area contributed by atoms with E-state index in [4.69, 9.17) is 5.11 Å². The summed E-state index contributed by atoms with van der Waals surface area (Å²) < 4.78 is 1.98. The fourth-order valence-corrected chi connectivity index (χ4v) is 1.53. The average molecular weight is 191 g/mol. The van der Waals surface area contributed by atoms with E-state index in [1.165, 1.54) is 0 Å². The lowest BCUT2D eigenvalue weighted by Crippen LogP contribution is -1.99. The van der Waals surface area contributed by atoms with Crippen molar-refractivity contribution in [1.29, 1.82) is 0 Å². The molecule has 0 aliphatic carbocycles. The highest BCUT2D eigenvalue weighted by Crippen LogP contribution is 2.12. The first kappa shape index (κ1) is 9.15. The van der Waals surface area contributed by atoms with Gasteiger partial charge in [0.05, 0.1) is 0 Å². The predicted molar refractivity (Wildman–Crippen MR) is 53.9 cm³/mol. The maximum Gasteiger partial charge on any atom is 0.159 e. The second-order valence-corrected chi connectivity index (χ2v) is 3.26. The topological polar surface area (TPSA) is 50.9 Å². The number of aliphatic hydroxyl groups excluding tert-OH is 1. The summed E-state index contributed by atoms with van der Waals surface area (Å²) in [5.41, 5.74) is 1.82. The van der Waals surface area contributed by atoms with Crippen molar-refractivity contribution < 1.29 is 5.11 Å². The fourth-order valence-electron chi connectivity index (χ4n) is 1.53. The summed E-state index contributed by atoms with van der Waals surface area (Å²) in [6, 6.07) is 3.83. The molecule has 0 fully saturated rings. The van der Waals surface area contributed by atoms with Crippen LogP contribution in [0.15, 0.2) is 18.3 Å². The molecule has 14 heavy (non-hydrogen) atoms. The van der Waals surface area contributed by atoms with Gasteiger partial charge < -0.3 is 9.67 Å². The molecule has 0 unspecified atom stereocenters. The molecule has 2 heterocycles. The van der Waals surface area contributed by atoms with Gasteiger partial charge in [0.25, 0.3) is 0 Å². The van der Waals surface area contributed by atoms with Crippen LogP contribution in [0, 0.1) is 0 Å². The summed E-state index contributed by atoms with van der Waals surface area (Å²) >= 11 is 0. The van der Waals surface area contributed by atoms with Crippen LogP contribution in [-0.4, -0.2) is 26.2 Å². The zero-order valence-electron chi connectivity index (χ0n) is 8.14. The number of hydrogen-bond donors (Lipinski definition) is 1. The molecule has 0 amide bonds. The number of aromatic nitrogens is 3. The molecule has 1 N–H and O–H groups in total. The van der Waals surface area contributed by atoms with Gasteiger partial charge in [0, 0.05) is 26.3 Å². The number of hydrogen-bond acceptors (Lipinski definition) is 3. The smallest absolute Gasteiger partial charge is 0.159 e. The van der Waals surface area contributed by atoms with Crippen molar-refractivity contribution >= 4 is 11.2 Å². The van der Waals surface area contributed by atoms with Gasteiger partial charge in [-0.05, 0) is 18.6 Å². The van der Waals surface area contributed by atoms with E-state index < -0.39 is 0 Å². The van der Waals surface area contributed by atoms with Gasteiger partial charge >= 0.3 is 0 Å². The number of imidazole rings is 1. The molecule has 2 aromatic heterocycles. The first-order valence-electron chi connectivity index (χ1n) is 4.70. The van der Waals surface area contributed by atoms with E-state index in [0.717, 1.165) is 29.8 Å². The van der Waals surface area contributed by atoms with E-state index in [0.29, 0.717) is 0 Å². The predicted octanol–water partition coefficient (Wildman–Crippen LogP) is 0.893. The minimum absolute atomic E-state index is 0.205. The Kier molecular flexibility index (Phi) is 2.45. The van der Waals surface area contributed by atoms with Gasteiger partial charge in [0.1, 0.15) is 11.3 Å². The Balaban J connectivity index is 2.41. The van der Waals surface area contributed by atoms with Gasteiger partial charge in [-0.2, -0.15) is 0 Å². The van der Waals surface area contributed by atoms with Crippen LogP contribution in [0.2, 0.25) is 0 Å². The van der Waals surface area contributed by atoms with Crippen LogP contribution >= 0.6 is 0 Å². The standard InChI is InChI=1S/C10H13N3O/c1-13-9(5-3-7-14)12-8-4-2-6-11-10(8)13/h2,4,6,14H,3,5,7H2,1H3. The summed E-state index contributed by atoms with van der Waals surface area (Å²) in [6.45, 7) is 0.205. The normalized spacial score (nSPS) is 11.0.